The van der Waals surface area contributed by atoms with Gasteiger partial charge >= 0.3 is 6.18 Å². The van der Waals surface area contributed by atoms with Crippen molar-refractivity contribution in [2.24, 2.45) is 0 Å². The van der Waals surface area contributed by atoms with Gasteiger partial charge in [0, 0.05) is 4.90 Å². The van der Waals surface area contributed by atoms with Crippen LogP contribution in [0.1, 0.15) is 5.56 Å². The summed E-state index contributed by atoms with van der Waals surface area (Å²) >= 11 is 3.50. The van der Waals surface area contributed by atoms with Gasteiger partial charge in [0.25, 0.3) is 0 Å². The lowest BCUT2D eigenvalue weighted by Gasteiger charge is -2.09. The molecule has 0 bridgehead atoms. The molecule has 0 saturated heterocycles. The molecule has 1 rings (SSSR count). The van der Waals surface area contributed by atoms with E-state index in [1.165, 1.54) is 6.07 Å². The van der Waals surface area contributed by atoms with Crippen molar-refractivity contribution in [1.29, 1.82) is 0 Å². The molecule has 0 aliphatic heterocycles. The van der Waals surface area contributed by atoms with E-state index in [1.54, 1.807) is 0 Å². The van der Waals surface area contributed by atoms with E-state index in [0.717, 1.165) is 12.1 Å². The number of halogens is 4. The summed E-state index contributed by atoms with van der Waals surface area (Å²) in [7, 11) is 0. The second kappa shape index (κ2) is 2.97. The van der Waals surface area contributed by atoms with Gasteiger partial charge in [-0.15, -0.1) is 12.6 Å². The van der Waals surface area contributed by atoms with E-state index < -0.39 is 22.5 Å². The standard InChI is InChI=1S/C7H4F4S/c8-4-2-1-3-5(12)6(4)7(9,10)11/h1-3,12H. The molecular weight excluding hydrogens is 192 g/mol. The Bertz CT molecular complexity index is 272. The fourth-order valence-corrected chi connectivity index (χ4v) is 1.11. The van der Waals surface area contributed by atoms with Gasteiger partial charge in [-0.2, -0.15) is 13.2 Å². The van der Waals surface area contributed by atoms with Crippen molar-refractivity contribution >= 4 is 12.6 Å². The molecule has 0 unspecified atom stereocenters. The van der Waals surface area contributed by atoms with Crippen LogP contribution in [0.15, 0.2) is 23.1 Å². The average molecular weight is 196 g/mol. The molecule has 0 aliphatic carbocycles. The third kappa shape index (κ3) is 1.72. The SMILES string of the molecule is Fc1cccc(S)c1C(F)(F)F. The van der Waals surface area contributed by atoms with Crippen LogP contribution in [0.25, 0.3) is 0 Å². The van der Waals surface area contributed by atoms with Crippen LogP contribution in [-0.2, 0) is 6.18 Å². The largest absolute Gasteiger partial charge is 0.420 e. The van der Waals surface area contributed by atoms with Crippen LogP contribution in [-0.4, -0.2) is 0 Å². The Morgan fingerprint density at radius 3 is 2.08 bits per heavy atom. The maximum Gasteiger partial charge on any atom is 0.420 e. The summed E-state index contributed by atoms with van der Waals surface area (Å²) in [6.45, 7) is 0. The molecule has 0 N–H and O–H groups in total. The van der Waals surface area contributed by atoms with Crippen LogP contribution in [0.2, 0.25) is 0 Å². The summed E-state index contributed by atoms with van der Waals surface area (Å²) in [5.74, 6) is -1.30. The third-order valence-electron chi connectivity index (χ3n) is 1.28. The molecular formula is C7H4F4S. The maximum atomic E-state index is 12.6. The summed E-state index contributed by atoms with van der Waals surface area (Å²) in [5, 5.41) is 0. The van der Waals surface area contributed by atoms with Crippen LogP contribution in [0.5, 0.6) is 0 Å². The fraction of sp³-hybridized carbons (Fsp3) is 0.143. The first-order valence-electron chi connectivity index (χ1n) is 2.97. The van der Waals surface area contributed by atoms with E-state index in [4.69, 9.17) is 0 Å². The van der Waals surface area contributed by atoms with E-state index in [0.29, 0.717) is 0 Å². The Hall–Kier alpha value is -0.710. The zero-order chi connectivity index (χ0) is 9.35. The monoisotopic (exact) mass is 196 g/mol. The summed E-state index contributed by atoms with van der Waals surface area (Å²) in [6, 6.07) is 3.02. The quantitative estimate of drug-likeness (QED) is 0.478. The van der Waals surface area contributed by atoms with E-state index >= 15 is 0 Å². The number of hydrogen-bond acceptors (Lipinski definition) is 1. The van der Waals surface area contributed by atoms with Crippen LogP contribution < -0.4 is 0 Å². The second-order valence-corrected chi connectivity index (χ2v) is 2.61. The van der Waals surface area contributed by atoms with Gasteiger partial charge in [-0.05, 0) is 12.1 Å². The minimum Gasteiger partial charge on any atom is -0.206 e. The molecule has 5 heteroatoms. The molecule has 1 aromatic rings. The number of benzene rings is 1. The Balaban J connectivity index is 3.31. The highest BCUT2D eigenvalue weighted by atomic mass is 32.1. The fourth-order valence-electron chi connectivity index (χ4n) is 0.793. The third-order valence-corrected chi connectivity index (χ3v) is 1.65. The molecule has 0 aromatic heterocycles. The van der Waals surface area contributed by atoms with Gasteiger partial charge in [0.1, 0.15) is 11.4 Å². The van der Waals surface area contributed by atoms with Crippen molar-refractivity contribution in [1.82, 2.24) is 0 Å². The minimum atomic E-state index is -4.68. The molecule has 1 aromatic carbocycles. The summed E-state index contributed by atoms with van der Waals surface area (Å²) in [6.07, 6.45) is -4.68. The first-order chi connectivity index (χ1) is 5.43. The number of rotatable bonds is 0. The van der Waals surface area contributed by atoms with Gasteiger partial charge in [-0.1, -0.05) is 6.07 Å². The van der Waals surface area contributed by atoms with Gasteiger partial charge in [-0.25, -0.2) is 4.39 Å². The Kier molecular flexibility index (Phi) is 2.32. The lowest BCUT2D eigenvalue weighted by atomic mass is 10.2. The van der Waals surface area contributed by atoms with Crippen molar-refractivity contribution in [3.8, 4) is 0 Å². The number of alkyl halides is 3. The van der Waals surface area contributed by atoms with Crippen LogP contribution in [0.3, 0.4) is 0 Å². The topological polar surface area (TPSA) is 0 Å². The minimum absolute atomic E-state index is 0.400. The van der Waals surface area contributed by atoms with Gasteiger partial charge in [0.2, 0.25) is 0 Å². The molecule has 0 nitrogen and oxygen atoms in total. The molecule has 66 valence electrons. The van der Waals surface area contributed by atoms with Gasteiger partial charge in [-0.3, -0.25) is 0 Å². The summed E-state index contributed by atoms with van der Waals surface area (Å²) in [5.41, 5.74) is -1.31. The molecule has 0 aliphatic rings. The molecule has 12 heavy (non-hydrogen) atoms. The highest BCUT2D eigenvalue weighted by Gasteiger charge is 2.35. The van der Waals surface area contributed by atoms with Gasteiger partial charge in [0.15, 0.2) is 0 Å². The Morgan fingerprint density at radius 2 is 1.75 bits per heavy atom. The Morgan fingerprint density at radius 1 is 1.17 bits per heavy atom. The lowest BCUT2D eigenvalue weighted by Crippen LogP contribution is -2.08. The second-order valence-electron chi connectivity index (χ2n) is 2.13. The molecule has 0 spiro atoms. The van der Waals surface area contributed by atoms with Crippen LogP contribution >= 0.6 is 12.6 Å². The molecule has 0 heterocycles. The zero-order valence-corrected chi connectivity index (χ0v) is 6.59. The first-order valence-corrected chi connectivity index (χ1v) is 3.42. The van der Waals surface area contributed by atoms with E-state index in [9.17, 15) is 17.6 Å². The van der Waals surface area contributed by atoms with Crippen molar-refractivity contribution in [3.63, 3.8) is 0 Å². The van der Waals surface area contributed by atoms with E-state index in [2.05, 4.69) is 12.6 Å². The van der Waals surface area contributed by atoms with Gasteiger partial charge < -0.3 is 0 Å². The molecule has 0 saturated carbocycles. The van der Waals surface area contributed by atoms with Crippen molar-refractivity contribution in [3.05, 3.63) is 29.6 Å². The molecule has 0 atom stereocenters. The maximum absolute atomic E-state index is 12.6. The normalized spacial score (nSPS) is 11.8. The summed E-state index contributed by atoms with van der Waals surface area (Å²) < 4.78 is 48.6. The molecule has 0 amide bonds. The highest BCUT2D eigenvalue weighted by Crippen LogP contribution is 2.35. The van der Waals surface area contributed by atoms with Crippen LogP contribution in [0, 0.1) is 5.82 Å². The smallest absolute Gasteiger partial charge is 0.206 e. The van der Waals surface area contributed by atoms with E-state index in [-0.39, 0.29) is 0 Å². The Labute approximate surface area is 71.6 Å². The lowest BCUT2D eigenvalue weighted by molar-refractivity contribution is -0.142. The van der Waals surface area contributed by atoms with Crippen LogP contribution in [0.4, 0.5) is 17.6 Å². The van der Waals surface area contributed by atoms with Crippen molar-refractivity contribution in [2.75, 3.05) is 0 Å². The summed E-state index contributed by atoms with van der Waals surface area (Å²) in [4.78, 5) is -0.400. The van der Waals surface area contributed by atoms with E-state index in [1.807, 2.05) is 0 Å². The predicted octanol–water partition coefficient (Wildman–Crippen LogP) is 3.13. The van der Waals surface area contributed by atoms with Crippen molar-refractivity contribution < 1.29 is 17.6 Å². The average Bonchev–Trinajstić information content (AvgIpc) is 1.82. The molecule has 0 radical (unpaired) electrons. The first kappa shape index (κ1) is 9.38. The predicted molar refractivity (Wildman–Crippen MR) is 38.7 cm³/mol. The van der Waals surface area contributed by atoms with Crippen molar-refractivity contribution in [2.45, 2.75) is 11.1 Å². The van der Waals surface area contributed by atoms with Gasteiger partial charge in [0.05, 0.1) is 0 Å². The number of hydrogen-bond donors (Lipinski definition) is 1. The molecule has 0 fully saturated rings. The highest BCUT2D eigenvalue weighted by molar-refractivity contribution is 7.80. The number of thiol groups is 1. The zero-order valence-electron chi connectivity index (χ0n) is 5.69.